The number of aryl methyl sites for hydroxylation is 1. The molecular weight excluding hydrogens is 528 g/mol. The number of anilines is 1. The predicted octanol–water partition coefficient (Wildman–Crippen LogP) is 4.09. The van der Waals surface area contributed by atoms with E-state index in [1.807, 2.05) is 17.0 Å². The number of rotatable bonds is 6. The van der Waals surface area contributed by atoms with Gasteiger partial charge in [0.2, 0.25) is 5.95 Å². The number of halogens is 2. The fourth-order valence-electron chi connectivity index (χ4n) is 5.81. The first-order valence-corrected chi connectivity index (χ1v) is 14.2. The van der Waals surface area contributed by atoms with Crippen LogP contribution in [-0.2, 0) is 12.8 Å². The van der Waals surface area contributed by atoms with Gasteiger partial charge in [-0.15, -0.1) is 0 Å². The highest BCUT2D eigenvalue weighted by Crippen LogP contribution is 2.31. The summed E-state index contributed by atoms with van der Waals surface area (Å²) in [5.41, 5.74) is 2.57. The quantitative estimate of drug-likeness (QED) is 0.379. The van der Waals surface area contributed by atoms with Crippen LogP contribution in [0.4, 0.5) is 14.7 Å². The molecular formula is C30H33F2N7O2. The molecule has 2 fully saturated rings. The molecule has 1 N–H and O–H groups in total. The van der Waals surface area contributed by atoms with Gasteiger partial charge >= 0.3 is 0 Å². The topological polar surface area (TPSA) is 100 Å². The molecule has 0 aliphatic carbocycles. The van der Waals surface area contributed by atoms with Crippen LogP contribution in [-0.4, -0.2) is 72.7 Å². The van der Waals surface area contributed by atoms with E-state index in [2.05, 4.69) is 31.8 Å². The highest BCUT2D eigenvalue weighted by molar-refractivity contribution is 5.94. The van der Waals surface area contributed by atoms with Gasteiger partial charge in [0.1, 0.15) is 17.8 Å². The van der Waals surface area contributed by atoms with Crippen molar-refractivity contribution >= 4 is 22.9 Å². The summed E-state index contributed by atoms with van der Waals surface area (Å²) in [5.74, 6) is -0.527. The lowest BCUT2D eigenvalue weighted by Gasteiger charge is -2.32. The molecule has 41 heavy (non-hydrogen) atoms. The smallest absolute Gasteiger partial charge is 0.253 e. The lowest BCUT2D eigenvalue weighted by Crippen LogP contribution is -2.40. The highest BCUT2D eigenvalue weighted by Gasteiger charge is 2.27. The number of nitrogens with zero attached hydrogens (tertiary/aromatic N) is 7. The fraction of sp³-hybridized carbons (Fsp3) is 0.433. The zero-order valence-corrected chi connectivity index (χ0v) is 23.0. The third-order valence-electron chi connectivity index (χ3n) is 8.29. The molecule has 0 atom stereocenters. The zero-order chi connectivity index (χ0) is 28.5. The van der Waals surface area contributed by atoms with Gasteiger partial charge in [0.15, 0.2) is 5.82 Å². The highest BCUT2D eigenvalue weighted by atomic mass is 19.1. The van der Waals surface area contributed by atoms with Crippen molar-refractivity contribution in [2.24, 2.45) is 0 Å². The van der Waals surface area contributed by atoms with Gasteiger partial charge in [-0.1, -0.05) is 13.0 Å². The van der Waals surface area contributed by atoms with Crippen molar-refractivity contribution in [2.75, 3.05) is 31.1 Å². The van der Waals surface area contributed by atoms with Gasteiger partial charge in [-0.05, 0) is 55.4 Å². The second-order valence-corrected chi connectivity index (χ2v) is 10.9. The average molecular weight is 562 g/mol. The van der Waals surface area contributed by atoms with Crippen molar-refractivity contribution in [3.8, 4) is 0 Å². The van der Waals surface area contributed by atoms with E-state index in [0.29, 0.717) is 54.2 Å². The summed E-state index contributed by atoms with van der Waals surface area (Å²) in [7, 11) is 0. The molecule has 0 spiro atoms. The molecule has 0 unspecified atom stereocenters. The Labute approximate surface area is 236 Å². The summed E-state index contributed by atoms with van der Waals surface area (Å²) in [6.45, 7) is 4.43. The predicted molar refractivity (Wildman–Crippen MR) is 150 cm³/mol. The SMILES string of the molecule is CCc1cnc(N2CCC(n3cc(F)c4c(Cc5ccc(C(=O)N6CCC(O)CC6)cc5F)ncnc43)CC2)nc1. The van der Waals surface area contributed by atoms with Gasteiger partial charge in [-0.3, -0.25) is 4.79 Å². The van der Waals surface area contributed by atoms with Gasteiger partial charge in [0.05, 0.1) is 17.2 Å². The molecule has 0 saturated carbocycles. The van der Waals surface area contributed by atoms with Crippen LogP contribution in [0, 0.1) is 11.6 Å². The third-order valence-corrected chi connectivity index (χ3v) is 8.29. The van der Waals surface area contributed by atoms with Crippen LogP contribution in [0.5, 0.6) is 0 Å². The van der Waals surface area contributed by atoms with Crippen molar-refractivity contribution in [1.29, 1.82) is 0 Å². The second kappa shape index (κ2) is 11.5. The van der Waals surface area contributed by atoms with Crippen LogP contribution < -0.4 is 4.90 Å². The number of carbonyl (C=O) groups is 1. The maximum absolute atomic E-state index is 15.3. The molecule has 4 aromatic rings. The molecule has 9 nitrogen and oxygen atoms in total. The minimum Gasteiger partial charge on any atom is -0.393 e. The maximum Gasteiger partial charge on any atom is 0.253 e. The number of aliphatic hydroxyl groups excluding tert-OH is 1. The lowest BCUT2D eigenvalue weighted by molar-refractivity contribution is 0.0546. The Balaban J connectivity index is 1.18. The Kier molecular flexibility index (Phi) is 7.61. The molecule has 0 bridgehead atoms. The number of fused-ring (bicyclic) bond motifs is 1. The van der Waals surface area contributed by atoms with E-state index < -0.39 is 17.7 Å². The van der Waals surface area contributed by atoms with Gasteiger partial charge in [0, 0.05) is 62.8 Å². The van der Waals surface area contributed by atoms with Crippen molar-refractivity contribution in [1.82, 2.24) is 29.4 Å². The summed E-state index contributed by atoms with van der Waals surface area (Å²) in [6, 6.07) is 4.44. The van der Waals surface area contributed by atoms with Crippen LogP contribution in [0.15, 0.2) is 43.1 Å². The number of carbonyl (C=O) groups excluding carboxylic acids is 1. The Morgan fingerprint density at radius 3 is 2.39 bits per heavy atom. The first kappa shape index (κ1) is 27.2. The standard InChI is InChI=1S/C30H33F2N7O2/c1-2-19-15-33-30(34-16-19)38-9-5-22(6-10-38)39-17-25(32)27-26(35-18-36-28(27)39)14-20-3-4-21(13-24(20)31)29(41)37-11-7-23(40)8-12-37/h3-4,13,15-18,22-23,40H,2,5-12,14H2,1H3. The summed E-state index contributed by atoms with van der Waals surface area (Å²) >= 11 is 0. The molecule has 2 aliphatic rings. The van der Waals surface area contributed by atoms with Crippen molar-refractivity contribution < 1.29 is 18.7 Å². The number of amides is 1. The molecule has 2 aliphatic heterocycles. The Morgan fingerprint density at radius 1 is 0.976 bits per heavy atom. The van der Waals surface area contributed by atoms with Crippen LogP contribution in [0.3, 0.4) is 0 Å². The number of benzene rings is 1. The van der Waals surface area contributed by atoms with E-state index in [0.717, 1.165) is 37.9 Å². The van der Waals surface area contributed by atoms with E-state index >= 15 is 8.78 Å². The number of hydrogen-bond acceptors (Lipinski definition) is 7. The zero-order valence-electron chi connectivity index (χ0n) is 23.0. The molecule has 214 valence electrons. The lowest BCUT2D eigenvalue weighted by atomic mass is 10.0. The molecule has 11 heteroatoms. The van der Waals surface area contributed by atoms with Crippen molar-refractivity contribution in [3.05, 3.63) is 77.1 Å². The largest absolute Gasteiger partial charge is 0.393 e. The molecule has 5 heterocycles. The molecule has 2 saturated heterocycles. The molecule has 3 aromatic heterocycles. The first-order valence-electron chi connectivity index (χ1n) is 14.2. The molecule has 1 aromatic carbocycles. The number of aliphatic hydroxyl groups is 1. The molecule has 6 rings (SSSR count). The van der Waals surface area contributed by atoms with E-state index in [-0.39, 0.29) is 23.9 Å². The van der Waals surface area contributed by atoms with Gasteiger partial charge in [-0.25, -0.2) is 28.7 Å². The van der Waals surface area contributed by atoms with Crippen molar-refractivity contribution in [2.45, 2.75) is 57.6 Å². The first-order chi connectivity index (χ1) is 19.9. The third kappa shape index (κ3) is 5.50. The number of likely N-dealkylation sites (tertiary alicyclic amines) is 1. The average Bonchev–Trinajstić information content (AvgIpc) is 3.35. The molecule has 0 radical (unpaired) electrons. The van der Waals surface area contributed by atoms with E-state index in [1.165, 1.54) is 18.6 Å². The molecule has 1 amide bonds. The van der Waals surface area contributed by atoms with Gasteiger partial charge in [0.25, 0.3) is 5.91 Å². The van der Waals surface area contributed by atoms with Crippen LogP contribution >= 0.6 is 0 Å². The van der Waals surface area contributed by atoms with Crippen LogP contribution in [0.25, 0.3) is 11.0 Å². The summed E-state index contributed by atoms with van der Waals surface area (Å²) in [6.07, 6.45) is 9.74. The number of piperidine rings is 2. The summed E-state index contributed by atoms with van der Waals surface area (Å²) in [5, 5.41) is 9.99. The number of hydrogen-bond donors (Lipinski definition) is 1. The monoisotopic (exact) mass is 561 g/mol. The minimum atomic E-state index is -0.541. The van der Waals surface area contributed by atoms with Crippen LogP contribution in [0.1, 0.15) is 65.8 Å². The van der Waals surface area contributed by atoms with E-state index in [4.69, 9.17) is 0 Å². The van der Waals surface area contributed by atoms with E-state index in [1.54, 1.807) is 17.0 Å². The Hall–Kier alpha value is -3.99. The maximum atomic E-state index is 15.3. The normalized spacial score (nSPS) is 17.0. The van der Waals surface area contributed by atoms with Gasteiger partial charge in [-0.2, -0.15) is 0 Å². The summed E-state index contributed by atoms with van der Waals surface area (Å²) < 4.78 is 32.4. The summed E-state index contributed by atoms with van der Waals surface area (Å²) in [4.78, 5) is 34.3. The fourth-order valence-corrected chi connectivity index (χ4v) is 5.81. The van der Waals surface area contributed by atoms with Crippen molar-refractivity contribution in [3.63, 3.8) is 0 Å². The minimum absolute atomic E-state index is 0.0499. The number of aromatic nitrogens is 5. The second-order valence-electron chi connectivity index (χ2n) is 10.9. The van der Waals surface area contributed by atoms with Crippen LogP contribution in [0.2, 0.25) is 0 Å². The Bertz CT molecular complexity index is 1540. The van der Waals surface area contributed by atoms with Gasteiger partial charge < -0.3 is 19.5 Å². The Morgan fingerprint density at radius 2 is 1.71 bits per heavy atom. The van der Waals surface area contributed by atoms with E-state index in [9.17, 15) is 9.90 Å².